The van der Waals surface area contributed by atoms with Gasteiger partial charge in [-0.2, -0.15) is 0 Å². The molecule has 1 N–H and O–H groups in total. The normalized spacial score (nSPS) is 18.9. The smallest absolute Gasteiger partial charge is 0.239 e. The van der Waals surface area contributed by atoms with Crippen molar-refractivity contribution in [2.24, 2.45) is 4.99 Å². The van der Waals surface area contributed by atoms with Crippen LogP contribution >= 0.6 is 11.8 Å². The van der Waals surface area contributed by atoms with E-state index >= 15 is 0 Å². The van der Waals surface area contributed by atoms with Gasteiger partial charge in [0.05, 0.1) is 11.9 Å². The van der Waals surface area contributed by atoms with Crippen molar-refractivity contribution in [3.8, 4) is 5.75 Å². The van der Waals surface area contributed by atoms with E-state index in [9.17, 15) is 4.79 Å². The van der Waals surface area contributed by atoms with E-state index in [1.165, 1.54) is 11.8 Å². The zero-order valence-corrected chi connectivity index (χ0v) is 13.5. The maximum absolute atomic E-state index is 12.1. The van der Waals surface area contributed by atoms with Gasteiger partial charge >= 0.3 is 0 Å². The second-order valence-electron chi connectivity index (χ2n) is 4.98. The minimum atomic E-state index is -0.171. The van der Waals surface area contributed by atoms with E-state index in [0.29, 0.717) is 24.0 Å². The minimum absolute atomic E-state index is 0.0152. The van der Waals surface area contributed by atoms with Crippen molar-refractivity contribution in [1.82, 2.24) is 10.3 Å². The highest BCUT2D eigenvalue weighted by Crippen LogP contribution is 2.25. The highest BCUT2D eigenvalue weighted by molar-refractivity contribution is 8.15. The number of nitrogens with one attached hydrogen (secondary N) is 1. The number of carbonyl (C=O) groups excluding carboxylic acids is 1. The van der Waals surface area contributed by atoms with Crippen LogP contribution in [0, 0.1) is 0 Å². The molecule has 1 amide bonds. The fraction of sp³-hybridized carbons (Fsp3) is 0.235. The third-order valence-corrected chi connectivity index (χ3v) is 4.38. The predicted octanol–water partition coefficient (Wildman–Crippen LogP) is 2.94. The first-order valence-electron chi connectivity index (χ1n) is 7.43. The second-order valence-corrected chi connectivity index (χ2v) is 6.17. The number of rotatable bonds is 5. The summed E-state index contributed by atoms with van der Waals surface area (Å²) in [5, 5.41) is 3.24. The van der Waals surface area contributed by atoms with Gasteiger partial charge in [-0.25, -0.2) is 9.98 Å². The summed E-state index contributed by atoms with van der Waals surface area (Å²) < 4.78 is 5.42. The third-order valence-electron chi connectivity index (χ3n) is 3.30. The van der Waals surface area contributed by atoms with Gasteiger partial charge < -0.3 is 10.1 Å². The first-order valence-corrected chi connectivity index (χ1v) is 8.31. The maximum Gasteiger partial charge on any atom is 0.239 e. The van der Waals surface area contributed by atoms with Crippen molar-refractivity contribution in [3.05, 3.63) is 54.2 Å². The molecule has 0 spiro atoms. The number of amidine groups is 1. The number of ether oxygens (including phenoxy) is 1. The summed E-state index contributed by atoms with van der Waals surface area (Å²) in [5.41, 5.74) is 1.10. The Kier molecular flexibility index (Phi) is 4.92. The number of hydrogen-bond acceptors (Lipinski definition) is 5. The molecule has 23 heavy (non-hydrogen) atoms. The summed E-state index contributed by atoms with van der Waals surface area (Å²) in [6, 6.07) is 13.3. The lowest BCUT2D eigenvalue weighted by Crippen LogP contribution is -2.25. The standard InChI is InChI=1S/C17H17N3O2S/c1-2-22-13-8-6-12(7-9-13)11-14-16(21)20-17(23-14)19-15-5-3-4-10-18-15/h3-10,14H,2,11H2,1H3,(H,18,19,20,21)/t14-/m1/s1. The number of aliphatic imine (C=N–C) groups is 1. The Morgan fingerprint density at radius 2 is 2.09 bits per heavy atom. The van der Waals surface area contributed by atoms with Crippen LogP contribution in [0.25, 0.3) is 0 Å². The number of amides is 1. The van der Waals surface area contributed by atoms with Crippen LogP contribution in [0.1, 0.15) is 12.5 Å². The Morgan fingerprint density at radius 1 is 1.26 bits per heavy atom. The summed E-state index contributed by atoms with van der Waals surface area (Å²) in [5.74, 6) is 1.42. The van der Waals surface area contributed by atoms with Crippen LogP contribution in [0.3, 0.4) is 0 Å². The van der Waals surface area contributed by atoms with Crippen molar-refractivity contribution < 1.29 is 9.53 Å². The Morgan fingerprint density at radius 3 is 2.78 bits per heavy atom. The summed E-state index contributed by atoms with van der Waals surface area (Å²) in [6.45, 7) is 2.60. The van der Waals surface area contributed by atoms with Gasteiger partial charge in [-0.1, -0.05) is 30.0 Å². The molecule has 2 heterocycles. The molecule has 3 rings (SSSR count). The summed E-state index contributed by atoms with van der Waals surface area (Å²) >= 11 is 1.44. The number of nitrogens with zero attached hydrogens (tertiary/aromatic N) is 2. The van der Waals surface area contributed by atoms with Crippen LogP contribution in [0.4, 0.5) is 5.82 Å². The molecule has 6 heteroatoms. The monoisotopic (exact) mass is 327 g/mol. The van der Waals surface area contributed by atoms with Crippen LogP contribution < -0.4 is 10.1 Å². The summed E-state index contributed by atoms with van der Waals surface area (Å²) in [6.07, 6.45) is 2.34. The molecule has 1 aromatic heterocycles. The molecule has 1 aliphatic heterocycles. The van der Waals surface area contributed by atoms with E-state index in [1.807, 2.05) is 43.3 Å². The van der Waals surface area contributed by atoms with Crippen molar-refractivity contribution in [3.63, 3.8) is 0 Å². The van der Waals surface area contributed by atoms with Crippen molar-refractivity contribution in [2.75, 3.05) is 6.61 Å². The van der Waals surface area contributed by atoms with Crippen LogP contribution in [0.2, 0.25) is 0 Å². The van der Waals surface area contributed by atoms with Gasteiger partial charge in [-0.15, -0.1) is 0 Å². The highest BCUT2D eigenvalue weighted by Gasteiger charge is 2.30. The van der Waals surface area contributed by atoms with Crippen molar-refractivity contribution in [1.29, 1.82) is 0 Å². The van der Waals surface area contributed by atoms with Crippen molar-refractivity contribution in [2.45, 2.75) is 18.6 Å². The Labute approximate surface area is 139 Å². The van der Waals surface area contributed by atoms with Gasteiger partial charge in [-0.3, -0.25) is 4.79 Å². The van der Waals surface area contributed by atoms with Crippen LogP contribution in [-0.2, 0) is 11.2 Å². The topological polar surface area (TPSA) is 63.6 Å². The first-order chi connectivity index (χ1) is 11.2. The Bertz CT molecular complexity index is 702. The SMILES string of the molecule is CCOc1ccc(C[C@H]2SC(=Nc3ccccn3)NC2=O)cc1. The average molecular weight is 327 g/mol. The van der Waals surface area contributed by atoms with Crippen LogP contribution in [0.15, 0.2) is 53.7 Å². The molecular formula is C17H17N3O2S. The van der Waals surface area contributed by atoms with E-state index in [4.69, 9.17) is 4.74 Å². The zero-order valence-electron chi connectivity index (χ0n) is 12.7. The van der Waals surface area contributed by atoms with Gasteiger partial charge in [0.2, 0.25) is 5.91 Å². The number of pyridine rings is 1. The lowest BCUT2D eigenvalue weighted by atomic mass is 10.1. The van der Waals surface area contributed by atoms with Gasteiger partial charge in [-0.05, 0) is 43.2 Å². The number of carbonyl (C=O) groups is 1. The molecule has 1 saturated heterocycles. The molecule has 1 atom stereocenters. The zero-order chi connectivity index (χ0) is 16.1. The van der Waals surface area contributed by atoms with Gasteiger partial charge in [0.1, 0.15) is 5.75 Å². The lowest BCUT2D eigenvalue weighted by molar-refractivity contribution is -0.118. The van der Waals surface area contributed by atoms with E-state index in [0.717, 1.165) is 11.3 Å². The van der Waals surface area contributed by atoms with Crippen LogP contribution in [-0.4, -0.2) is 27.9 Å². The van der Waals surface area contributed by atoms with E-state index < -0.39 is 0 Å². The number of thioether (sulfide) groups is 1. The third kappa shape index (κ3) is 4.10. The van der Waals surface area contributed by atoms with Gasteiger partial charge in [0, 0.05) is 6.20 Å². The number of aromatic nitrogens is 1. The maximum atomic E-state index is 12.1. The molecular weight excluding hydrogens is 310 g/mol. The first kappa shape index (κ1) is 15.6. The second kappa shape index (κ2) is 7.28. The molecule has 118 valence electrons. The molecule has 0 bridgehead atoms. The Hall–Kier alpha value is -2.34. The van der Waals surface area contributed by atoms with Crippen LogP contribution in [0.5, 0.6) is 5.75 Å². The molecule has 1 fully saturated rings. The molecule has 0 aliphatic carbocycles. The minimum Gasteiger partial charge on any atom is -0.494 e. The Balaban J connectivity index is 1.65. The summed E-state index contributed by atoms with van der Waals surface area (Å²) in [4.78, 5) is 20.6. The average Bonchev–Trinajstić information content (AvgIpc) is 2.90. The lowest BCUT2D eigenvalue weighted by Gasteiger charge is -2.07. The van der Waals surface area contributed by atoms with E-state index in [-0.39, 0.29) is 11.2 Å². The molecule has 0 radical (unpaired) electrons. The van der Waals surface area contributed by atoms with E-state index in [1.54, 1.807) is 12.3 Å². The largest absolute Gasteiger partial charge is 0.494 e. The fourth-order valence-electron chi connectivity index (χ4n) is 2.22. The van der Waals surface area contributed by atoms with Gasteiger partial charge in [0.25, 0.3) is 0 Å². The fourth-order valence-corrected chi connectivity index (χ4v) is 3.24. The van der Waals surface area contributed by atoms with E-state index in [2.05, 4.69) is 15.3 Å². The molecule has 1 aromatic carbocycles. The van der Waals surface area contributed by atoms with Gasteiger partial charge in [0.15, 0.2) is 11.0 Å². The number of hydrogen-bond donors (Lipinski definition) is 1. The summed E-state index contributed by atoms with van der Waals surface area (Å²) in [7, 11) is 0. The predicted molar refractivity (Wildman–Crippen MR) is 92.2 cm³/mol. The highest BCUT2D eigenvalue weighted by atomic mass is 32.2. The quantitative estimate of drug-likeness (QED) is 0.917. The number of benzene rings is 1. The molecule has 1 aliphatic rings. The molecule has 5 nitrogen and oxygen atoms in total. The molecule has 0 unspecified atom stereocenters. The van der Waals surface area contributed by atoms with Crippen molar-refractivity contribution >= 4 is 28.7 Å². The molecule has 0 saturated carbocycles. The molecule has 2 aromatic rings.